The van der Waals surface area contributed by atoms with Crippen molar-refractivity contribution in [2.45, 2.75) is 38.0 Å². The summed E-state index contributed by atoms with van der Waals surface area (Å²) in [5, 5.41) is 0. The summed E-state index contributed by atoms with van der Waals surface area (Å²) in [4.78, 5) is 28.3. The van der Waals surface area contributed by atoms with Crippen LogP contribution in [-0.2, 0) is 22.6 Å². The Morgan fingerprint density at radius 2 is 1.81 bits per heavy atom. The van der Waals surface area contributed by atoms with Crippen LogP contribution < -0.4 is 4.90 Å². The first-order chi connectivity index (χ1) is 15.7. The van der Waals surface area contributed by atoms with Crippen molar-refractivity contribution >= 4 is 12.0 Å². The third-order valence-electron chi connectivity index (χ3n) is 6.63. The van der Waals surface area contributed by atoms with Crippen LogP contribution in [0.5, 0.6) is 0 Å². The second kappa shape index (κ2) is 9.42. The maximum atomic E-state index is 12.6. The zero-order valence-corrected chi connectivity index (χ0v) is 18.5. The van der Waals surface area contributed by atoms with Crippen molar-refractivity contribution in [3.05, 3.63) is 53.9 Å². The molecule has 1 atom stereocenters. The number of hydrogen-bond donors (Lipinski definition) is 0. The van der Waals surface area contributed by atoms with Crippen molar-refractivity contribution in [2.24, 2.45) is 0 Å². The Morgan fingerprint density at radius 1 is 0.969 bits per heavy atom. The van der Waals surface area contributed by atoms with Crippen LogP contribution in [0.4, 0.5) is 10.7 Å². The van der Waals surface area contributed by atoms with Gasteiger partial charge in [0.25, 0.3) is 0 Å². The lowest BCUT2D eigenvalue weighted by Crippen LogP contribution is -2.37. The second-order valence-corrected chi connectivity index (χ2v) is 8.97. The molecule has 1 amide bonds. The minimum Gasteiger partial charge on any atom is -0.441 e. The lowest BCUT2D eigenvalue weighted by atomic mass is 9.95. The van der Waals surface area contributed by atoms with E-state index >= 15 is 0 Å². The Kier molecular flexibility index (Phi) is 6.23. The Bertz CT molecular complexity index is 921. The molecule has 3 aliphatic heterocycles. The Labute approximate surface area is 189 Å². The fraction of sp³-hybridized carbons (Fsp3) is 0.542. The van der Waals surface area contributed by atoms with Crippen LogP contribution in [0.15, 0.2) is 42.6 Å². The minimum absolute atomic E-state index is 0.187. The first-order valence-corrected chi connectivity index (χ1v) is 11.6. The van der Waals surface area contributed by atoms with Crippen LogP contribution in [0.3, 0.4) is 0 Å². The van der Waals surface area contributed by atoms with Crippen LogP contribution >= 0.6 is 0 Å². The molecule has 5 rings (SSSR count). The summed E-state index contributed by atoms with van der Waals surface area (Å²) in [5.41, 5.74) is 1.80. The van der Waals surface area contributed by atoms with E-state index in [1.165, 1.54) is 0 Å². The van der Waals surface area contributed by atoms with Gasteiger partial charge in [0, 0.05) is 45.3 Å². The number of anilines is 1. The number of ether oxygens (including phenoxy) is 2. The summed E-state index contributed by atoms with van der Waals surface area (Å²) in [6, 6.07) is 12.1. The number of carbonyl (C=O) groups excluding carboxylic acids is 1. The highest BCUT2D eigenvalue weighted by atomic mass is 16.6. The summed E-state index contributed by atoms with van der Waals surface area (Å²) in [7, 11) is 0. The maximum Gasteiger partial charge on any atom is 0.410 e. The van der Waals surface area contributed by atoms with Crippen LogP contribution in [0.2, 0.25) is 0 Å². The van der Waals surface area contributed by atoms with E-state index in [-0.39, 0.29) is 11.7 Å². The fourth-order valence-corrected chi connectivity index (χ4v) is 4.88. The van der Waals surface area contributed by atoms with Crippen molar-refractivity contribution < 1.29 is 14.3 Å². The van der Waals surface area contributed by atoms with Gasteiger partial charge in [0.1, 0.15) is 5.60 Å². The van der Waals surface area contributed by atoms with Crippen molar-refractivity contribution in [2.75, 3.05) is 50.8 Å². The van der Waals surface area contributed by atoms with Gasteiger partial charge >= 0.3 is 6.09 Å². The lowest BCUT2D eigenvalue weighted by molar-refractivity contribution is 0.0442. The molecule has 3 fully saturated rings. The van der Waals surface area contributed by atoms with Crippen LogP contribution in [0, 0.1) is 0 Å². The van der Waals surface area contributed by atoms with Gasteiger partial charge in [0.15, 0.2) is 0 Å². The molecule has 1 aromatic carbocycles. The van der Waals surface area contributed by atoms with E-state index in [9.17, 15) is 4.79 Å². The number of amides is 1. The molecule has 170 valence electrons. The predicted octanol–water partition coefficient (Wildman–Crippen LogP) is 2.69. The van der Waals surface area contributed by atoms with Crippen molar-refractivity contribution in [1.29, 1.82) is 0 Å². The molecule has 8 heteroatoms. The molecule has 0 N–H and O–H groups in total. The summed E-state index contributed by atoms with van der Waals surface area (Å²) < 4.78 is 11.4. The molecule has 0 unspecified atom stereocenters. The number of likely N-dealkylation sites (tertiary alicyclic amines) is 1. The minimum atomic E-state index is -0.370. The smallest absolute Gasteiger partial charge is 0.410 e. The van der Waals surface area contributed by atoms with Gasteiger partial charge in [-0.15, -0.1) is 0 Å². The molecule has 1 aromatic heterocycles. The maximum absolute atomic E-state index is 12.6. The van der Waals surface area contributed by atoms with E-state index in [4.69, 9.17) is 14.5 Å². The molecule has 3 saturated heterocycles. The highest BCUT2D eigenvalue weighted by Gasteiger charge is 2.45. The van der Waals surface area contributed by atoms with Crippen molar-refractivity contribution in [1.82, 2.24) is 19.8 Å². The number of benzene rings is 1. The molecular weight excluding hydrogens is 406 g/mol. The lowest BCUT2D eigenvalue weighted by Gasteiger charge is -2.27. The molecule has 1 spiro atoms. The van der Waals surface area contributed by atoms with Crippen LogP contribution in [-0.4, -0.2) is 77.4 Å². The molecule has 2 aromatic rings. The number of aromatic nitrogens is 2. The molecule has 3 aliphatic rings. The molecule has 8 nitrogen and oxygen atoms in total. The standard InChI is InChI=1S/C24H31N5O3/c30-23-29(17-20-5-2-1-3-6-20)19-24(32-23)8-4-11-27(12-9-24)18-21-7-10-25-22(26-21)28-13-15-31-16-14-28/h1-3,5-7,10H,4,8-9,11-19H2/t24-/m1/s1. The van der Waals surface area contributed by atoms with Gasteiger partial charge in [-0.2, -0.15) is 0 Å². The molecule has 0 radical (unpaired) electrons. The number of rotatable bonds is 5. The largest absolute Gasteiger partial charge is 0.441 e. The van der Waals surface area contributed by atoms with Gasteiger partial charge in [-0.25, -0.2) is 14.8 Å². The zero-order valence-electron chi connectivity index (χ0n) is 18.5. The number of nitrogens with zero attached hydrogens (tertiary/aromatic N) is 5. The van der Waals surface area contributed by atoms with E-state index < -0.39 is 0 Å². The van der Waals surface area contributed by atoms with Gasteiger partial charge in [-0.1, -0.05) is 30.3 Å². The van der Waals surface area contributed by atoms with Gasteiger partial charge < -0.3 is 14.4 Å². The average molecular weight is 438 g/mol. The number of hydrogen-bond acceptors (Lipinski definition) is 7. The third-order valence-corrected chi connectivity index (χ3v) is 6.63. The van der Waals surface area contributed by atoms with Crippen molar-refractivity contribution in [3.63, 3.8) is 0 Å². The SMILES string of the molecule is O=C1O[C@@]2(CCCN(Cc3ccnc(N4CCOCC4)n3)CC2)CN1Cc1ccccc1. The van der Waals surface area contributed by atoms with E-state index in [1.807, 2.05) is 35.4 Å². The Morgan fingerprint density at radius 3 is 2.66 bits per heavy atom. The van der Waals surface area contributed by atoms with Crippen molar-refractivity contribution in [3.8, 4) is 0 Å². The van der Waals surface area contributed by atoms with E-state index in [2.05, 4.69) is 26.9 Å². The number of carbonyl (C=O) groups is 1. The molecule has 32 heavy (non-hydrogen) atoms. The third kappa shape index (κ3) is 4.86. The topological polar surface area (TPSA) is 71.0 Å². The first-order valence-electron chi connectivity index (χ1n) is 11.6. The van der Waals surface area contributed by atoms with Gasteiger partial charge in [-0.05, 0) is 31.0 Å². The molecule has 0 saturated carbocycles. The zero-order chi connectivity index (χ0) is 21.8. The monoisotopic (exact) mass is 437 g/mol. The highest BCUT2D eigenvalue weighted by molar-refractivity contribution is 5.70. The fourth-order valence-electron chi connectivity index (χ4n) is 4.88. The quantitative estimate of drug-likeness (QED) is 0.712. The average Bonchev–Trinajstić information content (AvgIpc) is 3.00. The molecule has 0 bridgehead atoms. The summed E-state index contributed by atoms with van der Waals surface area (Å²) in [6.07, 6.45) is 4.43. The molecular formula is C24H31N5O3. The first kappa shape index (κ1) is 21.2. The Balaban J connectivity index is 1.19. The number of morpholine rings is 1. The second-order valence-electron chi connectivity index (χ2n) is 8.97. The summed E-state index contributed by atoms with van der Waals surface area (Å²) >= 11 is 0. The van der Waals surface area contributed by atoms with E-state index in [0.717, 1.165) is 82.4 Å². The van der Waals surface area contributed by atoms with Crippen LogP contribution in [0.1, 0.15) is 30.5 Å². The summed E-state index contributed by atoms with van der Waals surface area (Å²) in [6.45, 7) is 7.06. The predicted molar refractivity (Wildman–Crippen MR) is 120 cm³/mol. The van der Waals surface area contributed by atoms with E-state index in [0.29, 0.717) is 13.1 Å². The van der Waals surface area contributed by atoms with Gasteiger partial charge in [0.2, 0.25) is 5.95 Å². The van der Waals surface area contributed by atoms with E-state index in [1.54, 1.807) is 0 Å². The summed E-state index contributed by atoms with van der Waals surface area (Å²) in [5.74, 6) is 0.790. The van der Waals surface area contributed by atoms with Gasteiger partial charge in [0.05, 0.1) is 25.5 Å². The Hall–Kier alpha value is -2.71. The molecule has 0 aliphatic carbocycles. The van der Waals surface area contributed by atoms with Gasteiger partial charge in [-0.3, -0.25) is 9.80 Å². The highest BCUT2D eigenvalue weighted by Crippen LogP contribution is 2.34. The van der Waals surface area contributed by atoms with Crippen LogP contribution in [0.25, 0.3) is 0 Å². The molecule has 4 heterocycles. The normalized spacial score (nSPS) is 24.6.